The lowest BCUT2D eigenvalue weighted by Gasteiger charge is -2.06. The molecule has 136 valence electrons. The fourth-order valence-electron chi connectivity index (χ4n) is 2.30. The highest BCUT2D eigenvalue weighted by Gasteiger charge is 2.07. The molecule has 0 aromatic rings. The second-order valence-corrected chi connectivity index (χ2v) is 6.12. The Balaban J connectivity index is 3.31. The van der Waals surface area contributed by atoms with Gasteiger partial charge in [0, 0.05) is 12.8 Å². The molecule has 0 aliphatic rings. The minimum atomic E-state index is -0.207. The molecule has 0 aliphatic carbocycles. The minimum absolute atomic E-state index is 0.199. The molecule has 0 rings (SSSR count). The highest BCUT2D eigenvalue weighted by atomic mass is 16.5. The lowest BCUT2D eigenvalue weighted by atomic mass is 10.1. The normalized spacial score (nSPS) is 10.5. The Morgan fingerprint density at radius 1 is 0.565 bits per heavy atom. The number of ether oxygens (including phenoxy) is 2. The summed E-state index contributed by atoms with van der Waals surface area (Å²) in [5.41, 5.74) is 0. The molecule has 0 bridgehead atoms. The number of rotatable bonds is 16. The van der Waals surface area contributed by atoms with Crippen LogP contribution in [0.3, 0.4) is 0 Å². The van der Waals surface area contributed by atoms with Crippen molar-refractivity contribution in [3.63, 3.8) is 0 Å². The zero-order valence-electron chi connectivity index (χ0n) is 15.2. The summed E-state index contributed by atoms with van der Waals surface area (Å²) in [6.07, 6.45) is 12.7. The van der Waals surface area contributed by atoms with Crippen molar-refractivity contribution in [3.8, 4) is 0 Å². The molecule has 23 heavy (non-hydrogen) atoms. The standard InChI is InChI=1S/C19H36O4/c1-3-5-7-8-9-10-12-17-23-19(21)15-13-14-18(20)22-16-11-6-4-2/h3-17H2,1-2H3. The van der Waals surface area contributed by atoms with Crippen molar-refractivity contribution in [3.05, 3.63) is 0 Å². The Morgan fingerprint density at radius 2 is 0.957 bits per heavy atom. The molecule has 0 fully saturated rings. The smallest absolute Gasteiger partial charge is 0.305 e. The minimum Gasteiger partial charge on any atom is -0.466 e. The fraction of sp³-hybridized carbons (Fsp3) is 0.895. The number of hydrogen-bond acceptors (Lipinski definition) is 4. The maximum atomic E-state index is 11.5. The first kappa shape index (κ1) is 21.9. The van der Waals surface area contributed by atoms with E-state index in [-0.39, 0.29) is 11.9 Å². The maximum Gasteiger partial charge on any atom is 0.305 e. The van der Waals surface area contributed by atoms with E-state index in [4.69, 9.17) is 9.47 Å². The Bertz CT molecular complexity index is 289. The number of hydrogen-bond donors (Lipinski definition) is 0. The lowest BCUT2D eigenvalue weighted by Crippen LogP contribution is -2.09. The van der Waals surface area contributed by atoms with E-state index in [9.17, 15) is 9.59 Å². The van der Waals surface area contributed by atoms with Gasteiger partial charge in [-0.25, -0.2) is 0 Å². The van der Waals surface area contributed by atoms with Crippen LogP contribution in [0.4, 0.5) is 0 Å². The highest BCUT2D eigenvalue weighted by Crippen LogP contribution is 2.07. The van der Waals surface area contributed by atoms with Crippen LogP contribution < -0.4 is 0 Å². The van der Waals surface area contributed by atoms with Gasteiger partial charge in [-0.2, -0.15) is 0 Å². The zero-order chi connectivity index (χ0) is 17.2. The molecule has 0 atom stereocenters. The number of carbonyl (C=O) groups is 2. The second kappa shape index (κ2) is 17.3. The van der Waals surface area contributed by atoms with Crippen molar-refractivity contribution < 1.29 is 19.1 Å². The Labute approximate surface area is 142 Å². The van der Waals surface area contributed by atoms with E-state index in [0.29, 0.717) is 32.5 Å². The van der Waals surface area contributed by atoms with Crippen molar-refractivity contribution >= 4 is 11.9 Å². The third kappa shape index (κ3) is 17.1. The summed E-state index contributed by atoms with van der Waals surface area (Å²) < 4.78 is 10.3. The van der Waals surface area contributed by atoms with Crippen LogP contribution in [0, 0.1) is 0 Å². The third-order valence-electron chi connectivity index (χ3n) is 3.78. The summed E-state index contributed by atoms with van der Waals surface area (Å²) in [5, 5.41) is 0. The van der Waals surface area contributed by atoms with Gasteiger partial charge in [0.2, 0.25) is 0 Å². The molecular formula is C19H36O4. The van der Waals surface area contributed by atoms with E-state index in [1.54, 1.807) is 0 Å². The van der Waals surface area contributed by atoms with Crippen LogP contribution in [0.25, 0.3) is 0 Å². The van der Waals surface area contributed by atoms with Gasteiger partial charge in [0.25, 0.3) is 0 Å². The van der Waals surface area contributed by atoms with E-state index in [0.717, 1.165) is 32.1 Å². The van der Waals surface area contributed by atoms with Crippen LogP contribution in [-0.4, -0.2) is 25.2 Å². The molecule has 0 saturated carbocycles. The summed E-state index contributed by atoms with van der Waals surface area (Å²) in [6, 6.07) is 0. The van der Waals surface area contributed by atoms with Crippen molar-refractivity contribution in [1.82, 2.24) is 0 Å². The molecule has 0 radical (unpaired) electrons. The van der Waals surface area contributed by atoms with E-state index in [2.05, 4.69) is 13.8 Å². The summed E-state index contributed by atoms with van der Waals surface area (Å²) in [4.78, 5) is 22.9. The molecule has 0 aromatic carbocycles. The molecule has 0 saturated heterocycles. The topological polar surface area (TPSA) is 52.6 Å². The van der Waals surface area contributed by atoms with Gasteiger partial charge in [0.1, 0.15) is 0 Å². The van der Waals surface area contributed by atoms with E-state index in [1.807, 2.05) is 0 Å². The largest absolute Gasteiger partial charge is 0.466 e. The summed E-state index contributed by atoms with van der Waals surface area (Å²) in [7, 11) is 0. The number of unbranched alkanes of at least 4 members (excludes halogenated alkanes) is 8. The first-order chi connectivity index (χ1) is 11.2. The highest BCUT2D eigenvalue weighted by molar-refractivity contribution is 5.72. The van der Waals surface area contributed by atoms with Gasteiger partial charge in [-0.3, -0.25) is 9.59 Å². The maximum absolute atomic E-state index is 11.5. The molecule has 0 spiro atoms. The van der Waals surface area contributed by atoms with Gasteiger partial charge < -0.3 is 9.47 Å². The SMILES string of the molecule is CCCCCCCCCOC(=O)CCCC(=O)OCCCCC. The molecule has 0 aliphatic heterocycles. The van der Waals surface area contributed by atoms with Gasteiger partial charge in [0.15, 0.2) is 0 Å². The number of esters is 2. The molecular weight excluding hydrogens is 292 g/mol. The van der Waals surface area contributed by atoms with Gasteiger partial charge >= 0.3 is 11.9 Å². The van der Waals surface area contributed by atoms with Crippen molar-refractivity contribution in [1.29, 1.82) is 0 Å². The van der Waals surface area contributed by atoms with Gasteiger partial charge in [-0.05, 0) is 19.3 Å². The number of carbonyl (C=O) groups excluding carboxylic acids is 2. The first-order valence-electron chi connectivity index (χ1n) is 9.52. The predicted octanol–water partition coefficient (Wildman–Crippen LogP) is 5.18. The first-order valence-corrected chi connectivity index (χ1v) is 9.52. The second-order valence-electron chi connectivity index (χ2n) is 6.12. The van der Waals surface area contributed by atoms with Crippen LogP contribution in [0.5, 0.6) is 0 Å². The average Bonchev–Trinajstić information content (AvgIpc) is 2.54. The molecule has 0 aromatic heterocycles. The predicted molar refractivity (Wildman–Crippen MR) is 93.3 cm³/mol. The van der Waals surface area contributed by atoms with Crippen LogP contribution in [0.15, 0.2) is 0 Å². The molecule has 0 unspecified atom stereocenters. The molecule has 4 heteroatoms. The van der Waals surface area contributed by atoms with E-state index >= 15 is 0 Å². The van der Waals surface area contributed by atoms with Crippen LogP contribution >= 0.6 is 0 Å². The van der Waals surface area contributed by atoms with Crippen LogP contribution in [0.2, 0.25) is 0 Å². The van der Waals surface area contributed by atoms with Crippen LogP contribution in [-0.2, 0) is 19.1 Å². The van der Waals surface area contributed by atoms with Crippen molar-refractivity contribution in [2.45, 2.75) is 97.3 Å². The fourth-order valence-corrected chi connectivity index (χ4v) is 2.30. The van der Waals surface area contributed by atoms with Crippen LogP contribution in [0.1, 0.15) is 97.3 Å². The van der Waals surface area contributed by atoms with Gasteiger partial charge in [-0.1, -0.05) is 65.2 Å². The lowest BCUT2D eigenvalue weighted by molar-refractivity contribution is -0.145. The van der Waals surface area contributed by atoms with Crippen molar-refractivity contribution in [2.75, 3.05) is 13.2 Å². The third-order valence-corrected chi connectivity index (χ3v) is 3.78. The van der Waals surface area contributed by atoms with E-state index < -0.39 is 0 Å². The van der Waals surface area contributed by atoms with Gasteiger partial charge in [0.05, 0.1) is 13.2 Å². The molecule has 4 nitrogen and oxygen atoms in total. The van der Waals surface area contributed by atoms with Crippen molar-refractivity contribution in [2.24, 2.45) is 0 Å². The van der Waals surface area contributed by atoms with E-state index in [1.165, 1.54) is 32.1 Å². The Hall–Kier alpha value is -1.06. The summed E-state index contributed by atoms with van der Waals surface area (Å²) in [6.45, 7) is 5.33. The zero-order valence-corrected chi connectivity index (χ0v) is 15.2. The average molecular weight is 328 g/mol. The molecule has 0 heterocycles. The monoisotopic (exact) mass is 328 g/mol. The van der Waals surface area contributed by atoms with Gasteiger partial charge in [-0.15, -0.1) is 0 Å². The quantitative estimate of drug-likeness (QED) is 0.289. The molecule has 0 N–H and O–H groups in total. The molecule has 0 amide bonds. The summed E-state index contributed by atoms with van der Waals surface area (Å²) >= 11 is 0. The summed E-state index contributed by atoms with van der Waals surface area (Å²) in [5.74, 6) is -0.407. The Kier molecular flexibility index (Phi) is 16.5. The Morgan fingerprint density at radius 3 is 1.48 bits per heavy atom.